The third-order valence-electron chi connectivity index (χ3n) is 7.89. The van der Waals surface area contributed by atoms with Gasteiger partial charge in [0.2, 0.25) is 0 Å². The van der Waals surface area contributed by atoms with Gasteiger partial charge in [-0.3, -0.25) is 14.5 Å². The molecule has 0 spiro atoms. The second-order valence-corrected chi connectivity index (χ2v) is 13.5. The van der Waals surface area contributed by atoms with Crippen molar-refractivity contribution in [3.8, 4) is 0 Å². The Bertz CT molecular complexity index is 1730. The number of ether oxygens (including phenoxy) is 2. The van der Waals surface area contributed by atoms with Crippen molar-refractivity contribution < 1.29 is 33.0 Å². The Morgan fingerprint density at radius 2 is 1.64 bits per heavy atom. The number of anilines is 1. The van der Waals surface area contributed by atoms with Crippen LogP contribution in [0.25, 0.3) is 0 Å². The van der Waals surface area contributed by atoms with Crippen molar-refractivity contribution in [2.45, 2.75) is 50.3 Å². The summed E-state index contributed by atoms with van der Waals surface area (Å²) in [6.07, 6.45) is 0.494. The van der Waals surface area contributed by atoms with Crippen molar-refractivity contribution in [3.05, 3.63) is 125 Å². The summed E-state index contributed by atoms with van der Waals surface area (Å²) in [7, 11) is 0. The SMILES string of the molecule is CC(C)(C)OC(=O)N[C@@H]1C(=O)N2C(C(=O)OC(c3ccccc3)c3ccccc3)=C(C=C3CCN(c4cccc(F)c4)C3=O)CS[C@H]12. The minimum absolute atomic E-state index is 0.0161. The van der Waals surface area contributed by atoms with Crippen LogP contribution in [-0.2, 0) is 23.9 Å². The van der Waals surface area contributed by atoms with Crippen LogP contribution in [0.1, 0.15) is 44.4 Å². The van der Waals surface area contributed by atoms with Crippen molar-refractivity contribution in [1.82, 2.24) is 10.2 Å². The molecule has 6 rings (SSSR count). The van der Waals surface area contributed by atoms with Crippen LogP contribution in [0, 0.1) is 5.82 Å². The monoisotopic (exact) mass is 655 g/mol. The molecule has 242 valence electrons. The Morgan fingerprint density at radius 3 is 2.26 bits per heavy atom. The van der Waals surface area contributed by atoms with Crippen molar-refractivity contribution in [3.63, 3.8) is 0 Å². The average molecular weight is 656 g/mol. The van der Waals surface area contributed by atoms with Crippen molar-refractivity contribution >= 4 is 41.3 Å². The maximum absolute atomic E-state index is 14.2. The van der Waals surface area contributed by atoms with E-state index in [1.165, 1.54) is 33.7 Å². The molecule has 0 saturated carbocycles. The number of β-lactam (4-membered cyclic amide) rings is 1. The van der Waals surface area contributed by atoms with Crippen LogP contribution < -0.4 is 10.2 Å². The third kappa shape index (κ3) is 6.80. The first kappa shape index (κ1) is 32.1. The Morgan fingerprint density at radius 1 is 0.979 bits per heavy atom. The summed E-state index contributed by atoms with van der Waals surface area (Å²) in [5, 5.41) is 2.05. The molecule has 2 atom stereocenters. The second kappa shape index (κ2) is 13.1. The fraction of sp³-hybridized carbons (Fsp3) is 0.278. The number of nitrogens with one attached hydrogen (secondary N) is 1. The van der Waals surface area contributed by atoms with Crippen LogP contribution in [0.3, 0.4) is 0 Å². The molecule has 0 unspecified atom stereocenters. The maximum atomic E-state index is 14.2. The number of carbonyl (C=O) groups excluding carboxylic acids is 4. The number of allylic oxidation sites excluding steroid dienone is 1. The number of rotatable bonds is 7. The Balaban J connectivity index is 1.34. The highest BCUT2D eigenvalue weighted by molar-refractivity contribution is 8.00. The molecule has 0 radical (unpaired) electrons. The highest BCUT2D eigenvalue weighted by atomic mass is 32.2. The maximum Gasteiger partial charge on any atom is 0.408 e. The molecule has 47 heavy (non-hydrogen) atoms. The summed E-state index contributed by atoms with van der Waals surface area (Å²) in [6, 6.07) is 23.5. The van der Waals surface area contributed by atoms with E-state index in [1.807, 2.05) is 60.7 Å². The molecule has 11 heteroatoms. The van der Waals surface area contributed by atoms with Gasteiger partial charge >= 0.3 is 12.1 Å². The lowest BCUT2D eigenvalue weighted by atomic mass is 10.00. The van der Waals surface area contributed by atoms with E-state index in [1.54, 1.807) is 39.0 Å². The number of nitrogens with zero attached hydrogens (tertiary/aromatic N) is 2. The number of carbonyl (C=O) groups is 4. The molecule has 3 aliphatic rings. The van der Waals surface area contributed by atoms with Gasteiger partial charge in [-0.2, -0.15) is 0 Å². The summed E-state index contributed by atoms with van der Waals surface area (Å²) in [6.45, 7) is 5.51. The summed E-state index contributed by atoms with van der Waals surface area (Å²) in [5.74, 6) is -1.73. The quantitative estimate of drug-likeness (QED) is 0.193. The van der Waals surface area contributed by atoms with E-state index in [4.69, 9.17) is 9.47 Å². The van der Waals surface area contributed by atoms with Gasteiger partial charge in [-0.25, -0.2) is 14.0 Å². The van der Waals surface area contributed by atoms with Gasteiger partial charge in [0, 0.05) is 23.6 Å². The summed E-state index contributed by atoms with van der Waals surface area (Å²) in [4.78, 5) is 56.7. The fourth-order valence-electron chi connectivity index (χ4n) is 5.77. The van der Waals surface area contributed by atoms with Crippen LogP contribution >= 0.6 is 11.8 Å². The van der Waals surface area contributed by atoms with Gasteiger partial charge in [-0.15, -0.1) is 11.8 Å². The third-order valence-corrected chi connectivity index (χ3v) is 9.19. The van der Waals surface area contributed by atoms with Crippen LogP contribution in [0.5, 0.6) is 0 Å². The normalized spacial score (nSPS) is 20.3. The molecule has 3 heterocycles. The zero-order chi connectivity index (χ0) is 33.3. The number of esters is 1. The van der Waals surface area contributed by atoms with Gasteiger partial charge in [0.05, 0.1) is 0 Å². The lowest BCUT2D eigenvalue weighted by Crippen LogP contribution is -2.70. The van der Waals surface area contributed by atoms with Gasteiger partial charge in [-0.05, 0) is 68.2 Å². The number of alkyl carbamates (subject to hydrolysis) is 1. The highest BCUT2D eigenvalue weighted by Gasteiger charge is 2.55. The predicted molar refractivity (Wildman–Crippen MR) is 176 cm³/mol. The molecule has 0 bridgehead atoms. The topological polar surface area (TPSA) is 105 Å². The van der Waals surface area contributed by atoms with Crippen molar-refractivity contribution in [2.24, 2.45) is 0 Å². The number of thioether (sulfide) groups is 1. The summed E-state index contributed by atoms with van der Waals surface area (Å²) >= 11 is 1.36. The molecule has 0 aliphatic carbocycles. The number of hydrogen-bond donors (Lipinski definition) is 1. The minimum atomic E-state index is -0.914. The molecule has 9 nitrogen and oxygen atoms in total. The number of benzene rings is 3. The van der Waals surface area contributed by atoms with E-state index in [9.17, 15) is 23.6 Å². The molecule has 3 aliphatic heterocycles. The van der Waals surface area contributed by atoms with Gasteiger partial charge in [0.1, 0.15) is 28.5 Å². The molecule has 3 aromatic rings. The van der Waals surface area contributed by atoms with E-state index in [0.717, 1.165) is 11.1 Å². The van der Waals surface area contributed by atoms with Gasteiger partial charge in [-0.1, -0.05) is 66.7 Å². The lowest BCUT2D eigenvalue weighted by molar-refractivity contribution is -0.153. The largest absolute Gasteiger partial charge is 0.448 e. The zero-order valence-electron chi connectivity index (χ0n) is 26.1. The van der Waals surface area contributed by atoms with E-state index in [0.29, 0.717) is 29.8 Å². The van der Waals surface area contributed by atoms with E-state index in [2.05, 4.69) is 5.32 Å². The molecule has 1 N–H and O–H groups in total. The molecule has 3 aromatic carbocycles. The van der Waals surface area contributed by atoms with Crippen molar-refractivity contribution in [1.29, 1.82) is 0 Å². The molecular weight excluding hydrogens is 621 g/mol. The predicted octanol–water partition coefficient (Wildman–Crippen LogP) is 5.88. The highest BCUT2D eigenvalue weighted by Crippen LogP contribution is 2.43. The van der Waals surface area contributed by atoms with Crippen LogP contribution in [0.2, 0.25) is 0 Å². The van der Waals surface area contributed by atoms with Crippen molar-refractivity contribution in [2.75, 3.05) is 17.2 Å². The second-order valence-electron chi connectivity index (χ2n) is 12.4. The minimum Gasteiger partial charge on any atom is -0.448 e. The van der Waals surface area contributed by atoms with Crippen LogP contribution in [-0.4, -0.2) is 58.1 Å². The lowest BCUT2D eigenvalue weighted by Gasteiger charge is -2.49. The van der Waals surface area contributed by atoms with E-state index >= 15 is 0 Å². The zero-order valence-corrected chi connectivity index (χ0v) is 27.0. The Labute approximate surface area is 276 Å². The number of halogens is 1. The first-order valence-electron chi connectivity index (χ1n) is 15.3. The molecular formula is C36H34FN3O6S. The van der Waals surface area contributed by atoms with Crippen LogP contribution in [0.4, 0.5) is 14.9 Å². The number of fused-ring (bicyclic) bond motifs is 1. The fourth-order valence-corrected chi connectivity index (χ4v) is 7.08. The van der Waals surface area contributed by atoms with Gasteiger partial charge in [0.25, 0.3) is 11.8 Å². The number of amides is 3. The molecule has 3 amide bonds. The number of hydrogen-bond acceptors (Lipinski definition) is 7. The first-order valence-corrected chi connectivity index (χ1v) is 16.3. The standard InChI is InChI=1S/C36H34FN3O6S/c1-36(2,3)46-35(44)38-28-32(42)40-29(34(43)45-30(22-11-6-4-7-12-22)23-13-8-5-9-14-23)25(21-47-33(28)40)19-24-17-18-39(31(24)41)27-16-10-15-26(37)20-27/h4-16,19-20,28,30,33H,17-18,21H2,1-3H3,(H,38,44)/t28-,33-/m1/s1. The summed E-state index contributed by atoms with van der Waals surface area (Å²) < 4.78 is 25.5. The molecule has 0 aromatic heterocycles. The molecule has 2 fully saturated rings. The Hall–Kier alpha value is -4.90. The van der Waals surface area contributed by atoms with E-state index < -0.39 is 46.9 Å². The van der Waals surface area contributed by atoms with Gasteiger partial charge in [0.15, 0.2) is 6.10 Å². The van der Waals surface area contributed by atoms with Gasteiger partial charge < -0.3 is 19.7 Å². The smallest absolute Gasteiger partial charge is 0.408 e. The summed E-state index contributed by atoms with van der Waals surface area (Å²) in [5.41, 5.74) is 2.05. The average Bonchev–Trinajstić information content (AvgIpc) is 3.41. The van der Waals surface area contributed by atoms with Crippen LogP contribution in [0.15, 0.2) is 108 Å². The Kier molecular flexibility index (Phi) is 8.92. The molecule has 2 saturated heterocycles. The first-order chi connectivity index (χ1) is 22.5. The van der Waals surface area contributed by atoms with E-state index in [-0.39, 0.29) is 17.4 Å².